The second-order valence-electron chi connectivity index (χ2n) is 4.80. The molecule has 0 amide bonds. The van der Waals surface area contributed by atoms with Crippen LogP contribution in [0.3, 0.4) is 0 Å². The molecule has 0 aromatic rings. The molecule has 2 atom stereocenters. The summed E-state index contributed by atoms with van der Waals surface area (Å²) in [5.41, 5.74) is 0.194. The number of carboxylic acid groups (broad SMARTS) is 1. The van der Waals surface area contributed by atoms with E-state index >= 15 is 0 Å². The molecule has 76 valence electrons. The highest BCUT2D eigenvalue weighted by molar-refractivity contribution is 5.72. The van der Waals surface area contributed by atoms with Crippen LogP contribution in [0.2, 0.25) is 0 Å². The minimum Gasteiger partial charge on any atom is -0.479 e. The van der Waals surface area contributed by atoms with Crippen molar-refractivity contribution in [2.45, 2.75) is 45.6 Å². The van der Waals surface area contributed by atoms with E-state index in [1.54, 1.807) is 0 Å². The van der Waals surface area contributed by atoms with Crippen LogP contribution in [0.25, 0.3) is 0 Å². The van der Waals surface area contributed by atoms with E-state index in [0.717, 1.165) is 25.7 Å². The summed E-state index contributed by atoms with van der Waals surface area (Å²) in [5.74, 6) is -1.14. The number of aliphatic carboxylic acids is 1. The minimum atomic E-state index is -1.17. The van der Waals surface area contributed by atoms with Crippen molar-refractivity contribution >= 4 is 5.97 Å². The quantitative estimate of drug-likeness (QED) is 0.689. The zero-order valence-corrected chi connectivity index (χ0v) is 8.29. The first-order valence-electron chi connectivity index (χ1n) is 4.83. The molecule has 3 heteroatoms. The Morgan fingerprint density at radius 2 is 2.15 bits per heavy atom. The summed E-state index contributed by atoms with van der Waals surface area (Å²) in [6.45, 7) is 4.27. The largest absolute Gasteiger partial charge is 0.479 e. The van der Waals surface area contributed by atoms with E-state index in [-0.39, 0.29) is 11.3 Å². The highest BCUT2D eigenvalue weighted by Crippen LogP contribution is 2.39. The van der Waals surface area contributed by atoms with Crippen LogP contribution in [0.15, 0.2) is 0 Å². The van der Waals surface area contributed by atoms with Gasteiger partial charge in [-0.05, 0) is 30.6 Å². The third-order valence-corrected chi connectivity index (χ3v) is 2.94. The molecule has 1 rings (SSSR count). The Balaban J connectivity index is 2.56. The first-order chi connectivity index (χ1) is 5.92. The van der Waals surface area contributed by atoms with Gasteiger partial charge in [-0.15, -0.1) is 0 Å². The molecule has 0 bridgehead atoms. The maximum atomic E-state index is 10.6. The summed E-state index contributed by atoms with van der Waals surface area (Å²) in [6, 6.07) is 0. The van der Waals surface area contributed by atoms with Crippen molar-refractivity contribution in [3.05, 3.63) is 0 Å². The Labute approximate surface area is 78.8 Å². The van der Waals surface area contributed by atoms with Gasteiger partial charge >= 0.3 is 5.97 Å². The summed E-state index contributed by atoms with van der Waals surface area (Å²) in [4.78, 5) is 10.6. The van der Waals surface area contributed by atoms with Crippen LogP contribution in [0, 0.1) is 11.3 Å². The fourth-order valence-corrected chi connectivity index (χ4v) is 2.23. The third-order valence-electron chi connectivity index (χ3n) is 2.94. The third kappa shape index (κ3) is 2.69. The summed E-state index contributed by atoms with van der Waals surface area (Å²) in [6.07, 6.45) is 2.66. The van der Waals surface area contributed by atoms with Crippen LogP contribution in [0.1, 0.15) is 39.5 Å². The number of aliphatic hydroxyl groups is 1. The van der Waals surface area contributed by atoms with Gasteiger partial charge in [0.1, 0.15) is 0 Å². The molecule has 1 fully saturated rings. The molecule has 13 heavy (non-hydrogen) atoms. The summed E-state index contributed by atoms with van der Waals surface area (Å²) < 4.78 is 0. The lowest BCUT2D eigenvalue weighted by atomic mass is 9.70. The summed E-state index contributed by atoms with van der Waals surface area (Å²) in [7, 11) is 0. The molecule has 0 heterocycles. The van der Waals surface area contributed by atoms with Gasteiger partial charge in [0, 0.05) is 0 Å². The van der Waals surface area contributed by atoms with Crippen molar-refractivity contribution in [3.8, 4) is 0 Å². The van der Waals surface area contributed by atoms with Gasteiger partial charge in [-0.25, -0.2) is 4.79 Å². The molecule has 0 radical (unpaired) electrons. The molecular formula is C10H18O3. The predicted octanol–water partition coefficient (Wildman–Crippen LogP) is 1.65. The van der Waals surface area contributed by atoms with Gasteiger partial charge in [-0.3, -0.25) is 0 Å². The van der Waals surface area contributed by atoms with E-state index in [0.29, 0.717) is 0 Å². The number of hydrogen-bond donors (Lipinski definition) is 2. The standard InChI is InChI=1S/C10H18O3/c1-10(2)5-3-4-7(6-10)8(11)9(12)13/h7-8,11H,3-6H2,1-2H3,(H,12,13). The minimum absolute atomic E-state index is 0.0544. The van der Waals surface area contributed by atoms with Crippen LogP contribution < -0.4 is 0 Å². The summed E-state index contributed by atoms with van der Waals surface area (Å²) in [5, 5.41) is 18.0. The summed E-state index contributed by atoms with van der Waals surface area (Å²) >= 11 is 0. The molecule has 0 aromatic heterocycles. The first kappa shape index (κ1) is 10.5. The van der Waals surface area contributed by atoms with Crippen LogP contribution in [-0.2, 0) is 4.79 Å². The maximum Gasteiger partial charge on any atom is 0.332 e. The Hall–Kier alpha value is -0.570. The molecule has 0 aromatic carbocycles. The maximum absolute atomic E-state index is 10.6. The number of hydrogen-bond acceptors (Lipinski definition) is 2. The van der Waals surface area contributed by atoms with E-state index in [1.807, 2.05) is 0 Å². The fraction of sp³-hybridized carbons (Fsp3) is 0.900. The van der Waals surface area contributed by atoms with Gasteiger partial charge in [0.2, 0.25) is 0 Å². The van der Waals surface area contributed by atoms with E-state index in [4.69, 9.17) is 5.11 Å². The van der Waals surface area contributed by atoms with Gasteiger partial charge in [0.25, 0.3) is 0 Å². The average Bonchev–Trinajstić information content (AvgIpc) is 2.01. The van der Waals surface area contributed by atoms with Gasteiger partial charge in [-0.2, -0.15) is 0 Å². The predicted molar refractivity (Wildman–Crippen MR) is 49.4 cm³/mol. The van der Waals surface area contributed by atoms with E-state index in [2.05, 4.69) is 13.8 Å². The molecule has 1 aliphatic carbocycles. The van der Waals surface area contributed by atoms with Crippen molar-refractivity contribution in [2.75, 3.05) is 0 Å². The monoisotopic (exact) mass is 186 g/mol. The topological polar surface area (TPSA) is 57.5 Å². The first-order valence-corrected chi connectivity index (χ1v) is 4.83. The molecule has 1 aliphatic rings. The Bertz CT molecular complexity index is 198. The number of rotatable bonds is 2. The van der Waals surface area contributed by atoms with Gasteiger partial charge < -0.3 is 10.2 Å². The molecule has 2 unspecified atom stereocenters. The zero-order chi connectivity index (χ0) is 10.1. The van der Waals surface area contributed by atoms with E-state index in [1.165, 1.54) is 0 Å². The molecule has 3 nitrogen and oxygen atoms in total. The lowest BCUT2D eigenvalue weighted by Crippen LogP contribution is -2.35. The second kappa shape index (κ2) is 3.66. The Morgan fingerprint density at radius 3 is 2.62 bits per heavy atom. The zero-order valence-electron chi connectivity index (χ0n) is 8.29. The molecular weight excluding hydrogens is 168 g/mol. The van der Waals surface area contributed by atoms with E-state index < -0.39 is 12.1 Å². The normalized spacial score (nSPS) is 29.6. The molecule has 1 saturated carbocycles. The number of carbonyl (C=O) groups is 1. The van der Waals surface area contributed by atoms with Crippen LogP contribution >= 0.6 is 0 Å². The highest BCUT2D eigenvalue weighted by Gasteiger charge is 2.34. The molecule has 0 saturated heterocycles. The van der Waals surface area contributed by atoms with Gasteiger partial charge in [-0.1, -0.05) is 20.3 Å². The smallest absolute Gasteiger partial charge is 0.332 e. The van der Waals surface area contributed by atoms with Crippen molar-refractivity contribution in [1.82, 2.24) is 0 Å². The van der Waals surface area contributed by atoms with Crippen molar-refractivity contribution in [3.63, 3.8) is 0 Å². The second-order valence-corrected chi connectivity index (χ2v) is 4.80. The van der Waals surface area contributed by atoms with Crippen molar-refractivity contribution in [2.24, 2.45) is 11.3 Å². The number of carboxylic acids is 1. The fourth-order valence-electron chi connectivity index (χ4n) is 2.23. The van der Waals surface area contributed by atoms with Crippen molar-refractivity contribution < 1.29 is 15.0 Å². The lowest BCUT2D eigenvalue weighted by Gasteiger charge is -2.36. The van der Waals surface area contributed by atoms with Gasteiger partial charge in [0.05, 0.1) is 0 Å². The molecule has 2 N–H and O–H groups in total. The Kier molecular flexibility index (Phi) is 2.96. The number of aliphatic hydroxyl groups excluding tert-OH is 1. The van der Waals surface area contributed by atoms with Crippen LogP contribution in [-0.4, -0.2) is 22.3 Å². The van der Waals surface area contributed by atoms with Crippen LogP contribution in [0.5, 0.6) is 0 Å². The molecule has 0 aliphatic heterocycles. The SMILES string of the molecule is CC1(C)CCCC(C(O)C(=O)O)C1. The average molecular weight is 186 g/mol. The van der Waals surface area contributed by atoms with Crippen molar-refractivity contribution in [1.29, 1.82) is 0 Å². The lowest BCUT2D eigenvalue weighted by molar-refractivity contribution is -0.151. The molecule has 0 spiro atoms. The highest BCUT2D eigenvalue weighted by atomic mass is 16.4. The van der Waals surface area contributed by atoms with Crippen LogP contribution in [0.4, 0.5) is 0 Å². The van der Waals surface area contributed by atoms with E-state index in [9.17, 15) is 9.90 Å². The Morgan fingerprint density at radius 1 is 1.54 bits per heavy atom. The van der Waals surface area contributed by atoms with Gasteiger partial charge in [0.15, 0.2) is 6.10 Å².